The van der Waals surface area contributed by atoms with Crippen molar-refractivity contribution in [3.63, 3.8) is 0 Å². The minimum absolute atomic E-state index is 0.0253. The van der Waals surface area contributed by atoms with E-state index in [2.05, 4.69) is 4.98 Å². The average Bonchev–Trinajstić information content (AvgIpc) is 2.70. The molecule has 29 heavy (non-hydrogen) atoms. The molecule has 4 rings (SSSR count). The van der Waals surface area contributed by atoms with Crippen LogP contribution in [0.3, 0.4) is 0 Å². The number of fused-ring (bicyclic) bond motifs is 2. The summed E-state index contributed by atoms with van der Waals surface area (Å²) in [5.74, 6) is 0.304. The van der Waals surface area contributed by atoms with Crippen LogP contribution in [0.25, 0.3) is 33.5 Å². The van der Waals surface area contributed by atoms with E-state index in [-0.39, 0.29) is 11.1 Å². The Morgan fingerprint density at radius 1 is 1.14 bits per heavy atom. The van der Waals surface area contributed by atoms with Crippen LogP contribution in [0.15, 0.2) is 56.5 Å². The molecule has 0 amide bonds. The van der Waals surface area contributed by atoms with E-state index >= 15 is 0 Å². The lowest BCUT2D eigenvalue weighted by Crippen LogP contribution is -2.28. The Balaban J connectivity index is 2.07. The Labute approximate surface area is 175 Å². The molecule has 0 bridgehead atoms. The molecule has 148 valence electrons. The van der Waals surface area contributed by atoms with E-state index in [9.17, 15) is 9.59 Å². The molecule has 0 fully saturated rings. The summed E-state index contributed by atoms with van der Waals surface area (Å²) in [5.41, 5.74) is -0.0339. The molecular weight excluding hydrogens is 415 g/mol. The maximum atomic E-state index is 13.3. The molecule has 6 nitrogen and oxygen atoms in total. The fraction of sp³-hybridized carbons (Fsp3) is 0.190. The number of nitrogens with zero attached hydrogens (tertiary/aromatic N) is 2. The van der Waals surface area contributed by atoms with Crippen molar-refractivity contribution in [3.8, 4) is 11.4 Å². The number of aromatic nitrogens is 2. The molecule has 0 saturated heterocycles. The van der Waals surface area contributed by atoms with Crippen molar-refractivity contribution in [1.29, 1.82) is 0 Å². The monoisotopic (exact) mass is 430 g/mol. The Morgan fingerprint density at radius 3 is 2.69 bits per heavy atom. The highest BCUT2D eigenvalue weighted by Gasteiger charge is 2.20. The van der Waals surface area contributed by atoms with Gasteiger partial charge in [0.2, 0.25) is 11.1 Å². The summed E-state index contributed by atoms with van der Waals surface area (Å²) in [6.45, 7) is 0.751. The van der Waals surface area contributed by atoms with Crippen molar-refractivity contribution in [3.05, 3.63) is 73.1 Å². The number of hydrogen-bond donors (Lipinski definition) is 0. The zero-order chi connectivity index (χ0) is 20.5. The predicted octanol–water partition coefficient (Wildman–Crippen LogP) is 4.51. The minimum Gasteiger partial charge on any atom is -0.437 e. The number of halogens is 2. The summed E-state index contributed by atoms with van der Waals surface area (Å²) in [4.78, 5) is 30.8. The maximum absolute atomic E-state index is 13.3. The van der Waals surface area contributed by atoms with Gasteiger partial charge in [-0.15, -0.1) is 0 Å². The van der Waals surface area contributed by atoms with Crippen molar-refractivity contribution in [2.45, 2.75) is 13.0 Å². The molecule has 0 aliphatic heterocycles. The van der Waals surface area contributed by atoms with Gasteiger partial charge in [0.15, 0.2) is 5.39 Å². The highest BCUT2D eigenvalue weighted by molar-refractivity contribution is 6.36. The van der Waals surface area contributed by atoms with Gasteiger partial charge in [-0.2, -0.15) is 4.98 Å². The summed E-state index contributed by atoms with van der Waals surface area (Å²) in [6, 6.07) is 11.7. The van der Waals surface area contributed by atoms with Crippen LogP contribution in [0.2, 0.25) is 10.0 Å². The molecule has 0 aliphatic carbocycles. The lowest BCUT2D eigenvalue weighted by atomic mass is 10.1. The summed E-state index contributed by atoms with van der Waals surface area (Å²) in [7, 11) is 1.58. The zero-order valence-corrected chi connectivity index (χ0v) is 17.0. The standard InChI is InChI=1S/C21H16Cl2N2O4/c1-28-10-4-9-25-19(13-8-7-12(22)11-15(13)23)24-20-17(21(25)27)18(26)14-5-2-3-6-16(14)29-20/h2-3,5-8,11H,4,9-10H2,1H3. The van der Waals surface area contributed by atoms with Gasteiger partial charge in [-0.05, 0) is 36.8 Å². The van der Waals surface area contributed by atoms with Gasteiger partial charge in [0, 0.05) is 30.8 Å². The zero-order valence-electron chi connectivity index (χ0n) is 15.4. The number of para-hydroxylation sites is 1. The molecule has 0 saturated carbocycles. The Bertz CT molecular complexity index is 1340. The lowest BCUT2D eigenvalue weighted by molar-refractivity contribution is 0.190. The number of ether oxygens (including phenoxy) is 1. The van der Waals surface area contributed by atoms with Gasteiger partial charge >= 0.3 is 0 Å². The molecule has 0 radical (unpaired) electrons. The van der Waals surface area contributed by atoms with Crippen molar-refractivity contribution in [2.24, 2.45) is 0 Å². The molecule has 0 aliphatic rings. The third-order valence-electron chi connectivity index (χ3n) is 4.60. The van der Waals surface area contributed by atoms with E-state index in [1.165, 1.54) is 4.57 Å². The first kappa shape index (κ1) is 19.6. The van der Waals surface area contributed by atoms with Crippen molar-refractivity contribution < 1.29 is 9.15 Å². The molecule has 0 atom stereocenters. The van der Waals surface area contributed by atoms with Crippen LogP contribution in [0, 0.1) is 0 Å². The fourth-order valence-corrected chi connectivity index (χ4v) is 3.73. The summed E-state index contributed by atoms with van der Waals surface area (Å²) in [6.07, 6.45) is 0.556. The van der Waals surface area contributed by atoms with Gasteiger partial charge in [0.1, 0.15) is 11.4 Å². The highest BCUT2D eigenvalue weighted by Crippen LogP contribution is 2.30. The summed E-state index contributed by atoms with van der Waals surface area (Å²) in [5, 5.41) is 1.05. The van der Waals surface area contributed by atoms with Gasteiger partial charge in [-0.1, -0.05) is 35.3 Å². The van der Waals surface area contributed by atoms with Gasteiger partial charge in [0.25, 0.3) is 5.56 Å². The highest BCUT2D eigenvalue weighted by atomic mass is 35.5. The van der Waals surface area contributed by atoms with Crippen molar-refractivity contribution >= 4 is 45.3 Å². The van der Waals surface area contributed by atoms with Gasteiger partial charge < -0.3 is 9.15 Å². The molecule has 8 heteroatoms. The third kappa shape index (κ3) is 3.55. The van der Waals surface area contributed by atoms with Gasteiger partial charge in [-0.3, -0.25) is 14.2 Å². The molecule has 0 spiro atoms. The first-order chi connectivity index (χ1) is 14.0. The van der Waals surface area contributed by atoms with Crippen LogP contribution in [-0.4, -0.2) is 23.3 Å². The van der Waals surface area contributed by atoms with E-state index in [0.717, 1.165) is 0 Å². The van der Waals surface area contributed by atoms with Gasteiger partial charge in [-0.25, -0.2) is 0 Å². The summed E-state index contributed by atoms with van der Waals surface area (Å²) >= 11 is 12.4. The topological polar surface area (TPSA) is 74.3 Å². The Kier molecular flexibility index (Phi) is 5.41. The number of hydrogen-bond acceptors (Lipinski definition) is 5. The molecule has 2 heterocycles. The van der Waals surface area contributed by atoms with Crippen LogP contribution < -0.4 is 11.0 Å². The molecule has 2 aromatic heterocycles. The third-order valence-corrected chi connectivity index (χ3v) is 5.15. The first-order valence-corrected chi connectivity index (χ1v) is 9.67. The molecule has 2 aromatic carbocycles. The normalized spacial score (nSPS) is 11.4. The quantitative estimate of drug-likeness (QED) is 0.343. The van der Waals surface area contributed by atoms with E-state index in [4.69, 9.17) is 32.4 Å². The van der Waals surface area contributed by atoms with Crippen LogP contribution in [0.4, 0.5) is 0 Å². The van der Waals surface area contributed by atoms with E-state index in [1.54, 1.807) is 49.6 Å². The maximum Gasteiger partial charge on any atom is 0.269 e. The molecule has 0 unspecified atom stereocenters. The largest absolute Gasteiger partial charge is 0.437 e. The van der Waals surface area contributed by atoms with Crippen LogP contribution >= 0.6 is 23.2 Å². The molecule has 0 N–H and O–H groups in total. The van der Waals surface area contributed by atoms with Crippen LogP contribution in [0.1, 0.15) is 6.42 Å². The lowest BCUT2D eigenvalue weighted by Gasteiger charge is -2.14. The second-order valence-electron chi connectivity index (χ2n) is 6.47. The minimum atomic E-state index is -0.480. The van der Waals surface area contributed by atoms with E-state index in [0.29, 0.717) is 52.0 Å². The van der Waals surface area contributed by atoms with Crippen molar-refractivity contribution in [1.82, 2.24) is 9.55 Å². The number of rotatable bonds is 5. The molecular formula is C21H16Cl2N2O4. The Hall–Kier alpha value is -2.67. The fourth-order valence-electron chi connectivity index (χ4n) is 3.24. The van der Waals surface area contributed by atoms with Crippen molar-refractivity contribution in [2.75, 3.05) is 13.7 Å². The predicted molar refractivity (Wildman–Crippen MR) is 114 cm³/mol. The number of benzene rings is 2. The first-order valence-electron chi connectivity index (χ1n) is 8.92. The smallest absolute Gasteiger partial charge is 0.269 e. The van der Waals surface area contributed by atoms with E-state index in [1.807, 2.05) is 0 Å². The van der Waals surface area contributed by atoms with Crippen LogP contribution in [-0.2, 0) is 11.3 Å². The summed E-state index contributed by atoms with van der Waals surface area (Å²) < 4.78 is 12.3. The van der Waals surface area contributed by atoms with Gasteiger partial charge in [0.05, 0.1) is 10.4 Å². The average molecular weight is 431 g/mol. The van der Waals surface area contributed by atoms with Crippen LogP contribution in [0.5, 0.6) is 0 Å². The number of methoxy groups -OCH3 is 1. The SMILES string of the molecule is COCCCn1c(-c2ccc(Cl)cc2Cl)nc2oc3ccccc3c(=O)c2c1=O. The second-order valence-corrected chi connectivity index (χ2v) is 7.31. The molecule has 4 aromatic rings. The van der Waals surface area contributed by atoms with E-state index < -0.39 is 11.0 Å². The Morgan fingerprint density at radius 2 is 1.93 bits per heavy atom. The second kappa shape index (κ2) is 7.99.